The number of hydrogen-bond acceptors (Lipinski definition) is 4. The standard InChI is InChI=1S/C17H22FN5O/c1-21(17(24)16-5-3-4-6-19-16)12-15-7-14(18)11-23(15)10-13-8-20-22(2)9-13/h3-6,8-9,14-15H,7,10-12H2,1-2H3/t14-,15-/m0/s1. The van der Waals surface area contributed by atoms with E-state index in [0.717, 1.165) is 5.56 Å². The van der Waals surface area contributed by atoms with Crippen molar-refractivity contribution in [3.8, 4) is 0 Å². The van der Waals surface area contributed by atoms with Gasteiger partial charge < -0.3 is 4.90 Å². The van der Waals surface area contributed by atoms with E-state index in [-0.39, 0.29) is 11.9 Å². The van der Waals surface area contributed by atoms with Crippen molar-refractivity contribution in [3.05, 3.63) is 48.0 Å². The largest absolute Gasteiger partial charge is 0.339 e. The molecule has 1 aliphatic rings. The van der Waals surface area contributed by atoms with Gasteiger partial charge in [0.25, 0.3) is 5.91 Å². The molecule has 7 heteroatoms. The van der Waals surface area contributed by atoms with Crippen molar-refractivity contribution in [2.75, 3.05) is 20.1 Å². The van der Waals surface area contributed by atoms with Crippen molar-refractivity contribution in [2.45, 2.75) is 25.2 Å². The van der Waals surface area contributed by atoms with Gasteiger partial charge in [-0.05, 0) is 18.6 Å². The molecule has 0 N–H and O–H groups in total. The lowest BCUT2D eigenvalue weighted by molar-refractivity contribution is 0.0744. The minimum absolute atomic E-state index is 0.00197. The molecule has 1 aliphatic heterocycles. The summed E-state index contributed by atoms with van der Waals surface area (Å²) in [5, 5.41) is 4.16. The molecule has 2 aromatic rings. The Balaban J connectivity index is 1.64. The molecular formula is C17H22FN5O. The van der Waals surface area contributed by atoms with E-state index in [0.29, 0.717) is 31.7 Å². The van der Waals surface area contributed by atoms with Crippen molar-refractivity contribution >= 4 is 5.91 Å². The Labute approximate surface area is 140 Å². The van der Waals surface area contributed by atoms with Gasteiger partial charge in [-0.3, -0.25) is 19.4 Å². The molecule has 128 valence electrons. The van der Waals surface area contributed by atoms with Crippen LogP contribution in [0.4, 0.5) is 4.39 Å². The maximum Gasteiger partial charge on any atom is 0.272 e. The number of nitrogens with zero attached hydrogens (tertiary/aromatic N) is 5. The van der Waals surface area contributed by atoms with Crippen molar-refractivity contribution in [3.63, 3.8) is 0 Å². The number of likely N-dealkylation sites (tertiary alicyclic amines) is 1. The molecule has 0 aromatic carbocycles. The molecule has 1 saturated heterocycles. The fraction of sp³-hybridized carbons (Fsp3) is 0.471. The van der Waals surface area contributed by atoms with Gasteiger partial charge in [-0.25, -0.2) is 4.39 Å². The number of aromatic nitrogens is 3. The van der Waals surface area contributed by atoms with Crippen LogP contribution in [0.2, 0.25) is 0 Å². The van der Waals surface area contributed by atoms with E-state index in [9.17, 15) is 9.18 Å². The molecule has 0 spiro atoms. The highest BCUT2D eigenvalue weighted by Crippen LogP contribution is 2.23. The Bertz CT molecular complexity index is 689. The van der Waals surface area contributed by atoms with Gasteiger partial charge >= 0.3 is 0 Å². The Morgan fingerprint density at radius 1 is 1.46 bits per heavy atom. The average molecular weight is 331 g/mol. The smallest absolute Gasteiger partial charge is 0.272 e. The van der Waals surface area contributed by atoms with Gasteiger partial charge in [0, 0.05) is 57.7 Å². The van der Waals surface area contributed by atoms with Crippen LogP contribution in [0.25, 0.3) is 0 Å². The highest BCUT2D eigenvalue weighted by molar-refractivity contribution is 5.92. The molecule has 0 saturated carbocycles. The Kier molecular flexibility index (Phi) is 4.89. The van der Waals surface area contributed by atoms with Crippen molar-refractivity contribution in [1.82, 2.24) is 24.6 Å². The molecule has 0 radical (unpaired) electrons. The minimum Gasteiger partial charge on any atom is -0.339 e. The molecule has 2 aromatic heterocycles. The monoisotopic (exact) mass is 331 g/mol. The first kappa shape index (κ1) is 16.6. The van der Waals surface area contributed by atoms with Crippen LogP contribution >= 0.6 is 0 Å². The first-order valence-electron chi connectivity index (χ1n) is 8.05. The van der Waals surface area contributed by atoms with Crippen LogP contribution in [-0.4, -0.2) is 62.8 Å². The average Bonchev–Trinajstić information content (AvgIpc) is 3.13. The topological polar surface area (TPSA) is 54.3 Å². The summed E-state index contributed by atoms with van der Waals surface area (Å²) in [6, 6.07) is 5.25. The Morgan fingerprint density at radius 2 is 2.29 bits per heavy atom. The first-order chi connectivity index (χ1) is 11.5. The third-order valence-corrected chi connectivity index (χ3v) is 4.34. The molecule has 2 atom stereocenters. The molecule has 24 heavy (non-hydrogen) atoms. The number of carbonyl (C=O) groups is 1. The second-order valence-corrected chi connectivity index (χ2v) is 6.34. The summed E-state index contributed by atoms with van der Waals surface area (Å²) in [6.07, 6.45) is 4.92. The summed E-state index contributed by atoms with van der Waals surface area (Å²) in [5.74, 6) is -0.140. The molecular weight excluding hydrogens is 309 g/mol. The third kappa shape index (κ3) is 3.79. The number of amides is 1. The number of aryl methyl sites for hydroxylation is 1. The molecule has 1 fully saturated rings. The van der Waals surface area contributed by atoms with E-state index in [1.165, 1.54) is 0 Å². The lowest BCUT2D eigenvalue weighted by Crippen LogP contribution is -2.41. The molecule has 3 rings (SSSR count). The fourth-order valence-corrected chi connectivity index (χ4v) is 3.18. The second-order valence-electron chi connectivity index (χ2n) is 6.34. The summed E-state index contributed by atoms with van der Waals surface area (Å²) in [6.45, 7) is 1.52. The van der Waals surface area contributed by atoms with Crippen LogP contribution in [0.15, 0.2) is 36.8 Å². The number of halogens is 1. The minimum atomic E-state index is -0.856. The molecule has 0 unspecified atom stereocenters. The van der Waals surface area contributed by atoms with Crippen LogP contribution < -0.4 is 0 Å². The van der Waals surface area contributed by atoms with Gasteiger partial charge in [-0.2, -0.15) is 5.10 Å². The Hall–Kier alpha value is -2.28. The zero-order valence-corrected chi connectivity index (χ0v) is 14.0. The predicted molar refractivity (Wildman–Crippen MR) is 88.1 cm³/mol. The van der Waals surface area contributed by atoms with Crippen LogP contribution in [0.5, 0.6) is 0 Å². The SMILES string of the molecule is CN(C[C@@H]1C[C@H](F)CN1Cc1cnn(C)c1)C(=O)c1ccccn1. The zero-order valence-electron chi connectivity index (χ0n) is 14.0. The summed E-state index contributed by atoms with van der Waals surface area (Å²) >= 11 is 0. The van der Waals surface area contributed by atoms with E-state index in [1.807, 2.05) is 13.2 Å². The number of hydrogen-bond donors (Lipinski definition) is 0. The molecule has 6 nitrogen and oxygen atoms in total. The molecule has 3 heterocycles. The van der Waals surface area contributed by atoms with Crippen LogP contribution in [-0.2, 0) is 13.6 Å². The second kappa shape index (κ2) is 7.09. The maximum absolute atomic E-state index is 13.9. The van der Waals surface area contributed by atoms with E-state index >= 15 is 0 Å². The van der Waals surface area contributed by atoms with E-state index in [4.69, 9.17) is 0 Å². The zero-order chi connectivity index (χ0) is 17.1. The van der Waals surface area contributed by atoms with Crippen molar-refractivity contribution < 1.29 is 9.18 Å². The number of alkyl halides is 1. The number of likely N-dealkylation sites (N-methyl/N-ethyl adjacent to an activating group) is 1. The summed E-state index contributed by atoms with van der Waals surface area (Å²) in [5.41, 5.74) is 1.46. The van der Waals surface area contributed by atoms with E-state index in [1.54, 1.807) is 47.2 Å². The lowest BCUT2D eigenvalue weighted by atomic mass is 10.2. The van der Waals surface area contributed by atoms with Gasteiger partial charge in [-0.15, -0.1) is 0 Å². The van der Waals surface area contributed by atoms with Gasteiger partial charge in [0.15, 0.2) is 0 Å². The van der Waals surface area contributed by atoms with Crippen LogP contribution in [0.3, 0.4) is 0 Å². The van der Waals surface area contributed by atoms with Crippen LogP contribution in [0, 0.1) is 0 Å². The van der Waals surface area contributed by atoms with Crippen LogP contribution in [0.1, 0.15) is 22.5 Å². The van der Waals surface area contributed by atoms with Gasteiger partial charge in [0.2, 0.25) is 0 Å². The Morgan fingerprint density at radius 3 is 2.96 bits per heavy atom. The summed E-state index contributed by atoms with van der Waals surface area (Å²) in [7, 11) is 3.60. The lowest BCUT2D eigenvalue weighted by Gasteiger charge is -2.28. The highest BCUT2D eigenvalue weighted by Gasteiger charge is 2.33. The van der Waals surface area contributed by atoms with E-state index < -0.39 is 6.17 Å². The number of rotatable bonds is 5. The van der Waals surface area contributed by atoms with E-state index in [2.05, 4.69) is 15.0 Å². The number of carbonyl (C=O) groups excluding carboxylic acids is 1. The highest BCUT2D eigenvalue weighted by atomic mass is 19.1. The predicted octanol–water partition coefficient (Wildman–Crippen LogP) is 1.50. The summed E-state index contributed by atoms with van der Waals surface area (Å²) in [4.78, 5) is 20.2. The molecule has 0 bridgehead atoms. The summed E-state index contributed by atoms with van der Waals surface area (Å²) < 4.78 is 15.7. The van der Waals surface area contributed by atoms with Gasteiger partial charge in [-0.1, -0.05) is 6.07 Å². The van der Waals surface area contributed by atoms with Gasteiger partial charge in [0.1, 0.15) is 11.9 Å². The maximum atomic E-state index is 13.9. The third-order valence-electron chi connectivity index (χ3n) is 4.34. The number of pyridine rings is 1. The quantitative estimate of drug-likeness (QED) is 0.833. The fourth-order valence-electron chi connectivity index (χ4n) is 3.18. The van der Waals surface area contributed by atoms with Crippen molar-refractivity contribution in [2.24, 2.45) is 7.05 Å². The molecule has 1 amide bonds. The first-order valence-corrected chi connectivity index (χ1v) is 8.05. The normalized spacial score (nSPS) is 21.1. The van der Waals surface area contributed by atoms with Crippen molar-refractivity contribution in [1.29, 1.82) is 0 Å². The van der Waals surface area contributed by atoms with Gasteiger partial charge in [0.05, 0.1) is 6.20 Å². The molecule has 0 aliphatic carbocycles.